The van der Waals surface area contributed by atoms with E-state index in [1.807, 2.05) is 0 Å². The molecule has 0 aliphatic carbocycles. The summed E-state index contributed by atoms with van der Waals surface area (Å²) >= 11 is 0. The summed E-state index contributed by atoms with van der Waals surface area (Å²) in [5.41, 5.74) is 5.41. The molecule has 0 saturated heterocycles. The largest absolute Gasteiger partial charge is 0.506 e. The van der Waals surface area contributed by atoms with E-state index in [1.54, 1.807) is 0 Å². The summed E-state index contributed by atoms with van der Waals surface area (Å²) < 4.78 is 23.3. The minimum absolute atomic E-state index is 0.0341. The van der Waals surface area contributed by atoms with Crippen molar-refractivity contribution in [1.29, 1.82) is 0 Å². The summed E-state index contributed by atoms with van der Waals surface area (Å²) in [7, 11) is -3.39. The summed E-state index contributed by atoms with van der Waals surface area (Å²) in [6, 6.07) is 2.97. The van der Waals surface area contributed by atoms with Crippen molar-refractivity contribution in [3.05, 3.63) is 18.2 Å². The number of hydrogen-bond acceptors (Lipinski definition) is 5. The number of aromatic hydroxyl groups is 1. The number of anilines is 1. The monoisotopic (exact) mass is 272 g/mol. The smallest absolute Gasteiger partial charge is 0.241 e. The van der Waals surface area contributed by atoms with Crippen molar-refractivity contribution >= 4 is 21.4 Å². The second kappa shape index (κ2) is 5.36. The van der Waals surface area contributed by atoms with Gasteiger partial charge in [0, 0.05) is 0 Å². The van der Waals surface area contributed by atoms with Gasteiger partial charge < -0.3 is 16.2 Å². The van der Waals surface area contributed by atoms with Crippen LogP contribution in [0, 0.1) is 0 Å². The van der Waals surface area contributed by atoms with Crippen LogP contribution in [0.3, 0.4) is 0 Å². The highest BCUT2D eigenvalue weighted by atomic mass is 32.2. The number of amides is 1. The molecule has 0 aromatic heterocycles. The molecule has 1 unspecified atom stereocenters. The molecule has 1 rings (SSSR count). The molecule has 1 aromatic rings. The molecule has 6 nitrogen and oxygen atoms in total. The van der Waals surface area contributed by atoms with E-state index < -0.39 is 21.8 Å². The van der Waals surface area contributed by atoms with Gasteiger partial charge in [0.2, 0.25) is 5.91 Å². The van der Waals surface area contributed by atoms with Crippen LogP contribution in [0.1, 0.15) is 13.8 Å². The number of carbonyl (C=O) groups excluding carboxylic acids is 1. The number of nitrogens with one attached hydrogen (secondary N) is 1. The zero-order valence-corrected chi connectivity index (χ0v) is 11.0. The molecule has 0 fully saturated rings. The third-order valence-corrected chi connectivity index (χ3v) is 4.11. The molecule has 1 atom stereocenters. The molecule has 0 bridgehead atoms. The van der Waals surface area contributed by atoms with Gasteiger partial charge in [0.25, 0.3) is 0 Å². The lowest BCUT2D eigenvalue weighted by atomic mass is 10.2. The average Bonchev–Trinajstić information content (AvgIpc) is 2.31. The molecule has 0 heterocycles. The van der Waals surface area contributed by atoms with Crippen LogP contribution < -0.4 is 11.1 Å². The Kier molecular flexibility index (Phi) is 4.31. The molecule has 100 valence electrons. The quantitative estimate of drug-likeness (QED) is 0.690. The lowest BCUT2D eigenvalue weighted by molar-refractivity contribution is -0.117. The molecule has 1 amide bonds. The van der Waals surface area contributed by atoms with Crippen molar-refractivity contribution in [1.82, 2.24) is 0 Å². The van der Waals surface area contributed by atoms with Crippen LogP contribution in [0.2, 0.25) is 0 Å². The van der Waals surface area contributed by atoms with E-state index in [1.165, 1.54) is 32.0 Å². The number of benzene rings is 1. The van der Waals surface area contributed by atoms with E-state index in [0.717, 1.165) is 0 Å². The van der Waals surface area contributed by atoms with Crippen LogP contribution in [-0.4, -0.2) is 31.2 Å². The van der Waals surface area contributed by atoms with Crippen molar-refractivity contribution in [3.8, 4) is 5.75 Å². The lowest BCUT2D eigenvalue weighted by Crippen LogP contribution is -2.32. The number of sulfone groups is 1. The van der Waals surface area contributed by atoms with E-state index in [0.29, 0.717) is 0 Å². The van der Waals surface area contributed by atoms with Gasteiger partial charge in [0.05, 0.1) is 22.4 Å². The first-order valence-electron chi connectivity index (χ1n) is 5.40. The predicted molar refractivity (Wildman–Crippen MR) is 68.1 cm³/mol. The van der Waals surface area contributed by atoms with Crippen molar-refractivity contribution in [3.63, 3.8) is 0 Å². The maximum atomic E-state index is 11.7. The van der Waals surface area contributed by atoms with Crippen LogP contribution in [0.15, 0.2) is 23.1 Å². The minimum Gasteiger partial charge on any atom is -0.506 e. The van der Waals surface area contributed by atoms with Gasteiger partial charge in [-0.05, 0) is 25.1 Å². The van der Waals surface area contributed by atoms with Gasteiger partial charge >= 0.3 is 0 Å². The summed E-state index contributed by atoms with van der Waals surface area (Å²) in [5, 5.41) is 11.9. The second-order valence-corrected chi connectivity index (χ2v) is 6.14. The lowest BCUT2D eigenvalue weighted by Gasteiger charge is -2.11. The predicted octanol–water partition coefficient (Wildman–Crippen LogP) is 0.471. The first kappa shape index (κ1) is 14.5. The van der Waals surface area contributed by atoms with E-state index in [9.17, 15) is 18.3 Å². The van der Waals surface area contributed by atoms with Gasteiger partial charge in [-0.3, -0.25) is 4.79 Å². The van der Waals surface area contributed by atoms with Crippen LogP contribution in [0.5, 0.6) is 5.75 Å². The van der Waals surface area contributed by atoms with Crippen LogP contribution in [0.4, 0.5) is 5.69 Å². The number of phenolic OH excluding ortho intramolecular Hbond substituents is 1. The Morgan fingerprint density at radius 2 is 2.11 bits per heavy atom. The van der Waals surface area contributed by atoms with E-state index >= 15 is 0 Å². The third-order valence-electron chi connectivity index (χ3n) is 2.38. The number of nitrogens with two attached hydrogens (primary N) is 1. The maximum absolute atomic E-state index is 11.7. The average molecular weight is 272 g/mol. The Bertz CT molecular complexity index is 552. The summed E-state index contributed by atoms with van der Waals surface area (Å²) in [4.78, 5) is 11.4. The Morgan fingerprint density at radius 3 is 2.61 bits per heavy atom. The number of rotatable bonds is 4. The fourth-order valence-corrected chi connectivity index (χ4v) is 2.13. The fourth-order valence-electron chi connectivity index (χ4n) is 1.22. The minimum atomic E-state index is -3.39. The highest BCUT2D eigenvalue weighted by Gasteiger charge is 2.16. The number of hydrogen-bond donors (Lipinski definition) is 3. The molecular formula is C11H16N2O4S. The molecule has 0 aliphatic rings. The van der Waals surface area contributed by atoms with E-state index in [2.05, 4.69) is 5.32 Å². The Morgan fingerprint density at radius 1 is 1.50 bits per heavy atom. The maximum Gasteiger partial charge on any atom is 0.241 e. The number of phenols is 1. The standard InChI is InChI=1S/C11H16N2O4S/c1-3-18(16,17)8-4-5-10(14)9(6-8)13-11(15)7(2)12/h4-7,14H,3,12H2,1-2H3,(H,13,15). The van der Waals surface area contributed by atoms with Gasteiger partial charge in [-0.2, -0.15) is 0 Å². The summed E-state index contributed by atoms with van der Waals surface area (Å²) in [6.45, 7) is 3.00. The van der Waals surface area contributed by atoms with Crippen LogP contribution >= 0.6 is 0 Å². The van der Waals surface area contributed by atoms with Crippen molar-refractivity contribution < 1.29 is 18.3 Å². The molecule has 0 saturated carbocycles. The zero-order chi connectivity index (χ0) is 13.9. The molecule has 4 N–H and O–H groups in total. The first-order chi connectivity index (χ1) is 8.27. The molecule has 1 aromatic carbocycles. The summed E-state index contributed by atoms with van der Waals surface area (Å²) in [5.74, 6) is -0.770. The van der Waals surface area contributed by atoms with Gasteiger partial charge in [-0.25, -0.2) is 8.42 Å². The second-order valence-electron chi connectivity index (χ2n) is 3.86. The van der Waals surface area contributed by atoms with Gasteiger partial charge in [-0.1, -0.05) is 6.92 Å². The SMILES string of the molecule is CCS(=O)(=O)c1ccc(O)c(NC(=O)C(C)N)c1. The third kappa shape index (κ3) is 3.21. The van der Waals surface area contributed by atoms with Crippen LogP contribution in [-0.2, 0) is 14.6 Å². The topological polar surface area (TPSA) is 109 Å². The fraction of sp³-hybridized carbons (Fsp3) is 0.364. The van der Waals surface area contributed by atoms with Crippen molar-refractivity contribution in [2.24, 2.45) is 5.73 Å². The van der Waals surface area contributed by atoms with Gasteiger partial charge in [-0.15, -0.1) is 0 Å². The van der Waals surface area contributed by atoms with Crippen molar-refractivity contribution in [2.75, 3.05) is 11.1 Å². The zero-order valence-electron chi connectivity index (χ0n) is 10.2. The Labute approximate surface area is 106 Å². The van der Waals surface area contributed by atoms with Crippen molar-refractivity contribution in [2.45, 2.75) is 24.8 Å². The molecule has 7 heteroatoms. The number of carbonyl (C=O) groups is 1. The molecule has 0 spiro atoms. The van der Waals surface area contributed by atoms with E-state index in [4.69, 9.17) is 5.73 Å². The highest BCUT2D eigenvalue weighted by Crippen LogP contribution is 2.26. The highest BCUT2D eigenvalue weighted by molar-refractivity contribution is 7.91. The summed E-state index contributed by atoms with van der Waals surface area (Å²) in [6.07, 6.45) is 0. The van der Waals surface area contributed by atoms with Crippen LogP contribution in [0.25, 0.3) is 0 Å². The van der Waals surface area contributed by atoms with Gasteiger partial charge in [0.1, 0.15) is 5.75 Å². The Hall–Kier alpha value is -1.60. The van der Waals surface area contributed by atoms with E-state index in [-0.39, 0.29) is 22.1 Å². The molecule has 18 heavy (non-hydrogen) atoms. The molecule has 0 aliphatic heterocycles. The normalized spacial score (nSPS) is 13.1. The Balaban J connectivity index is 3.14. The van der Waals surface area contributed by atoms with Gasteiger partial charge in [0.15, 0.2) is 9.84 Å². The first-order valence-corrected chi connectivity index (χ1v) is 7.05. The molecule has 0 radical (unpaired) electrons. The molecular weight excluding hydrogens is 256 g/mol.